The van der Waals surface area contributed by atoms with Gasteiger partial charge in [-0.25, -0.2) is 0 Å². The molecule has 0 radical (unpaired) electrons. The molecule has 0 amide bonds. The molecule has 0 saturated carbocycles. The maximum absolute atomic E-state index is 11.3. The summed E-state index contributed by atoms with van der Waals surface area (Å²) in [4.78, 5) is 24.1. The van der Waals surface area contributed by atoms with Crippen LogP contribution in [-0.2, 0) is 11.3 Å². The quantitative estimate of drug-likeness (QED) is 0.659. The van der Waals surface area contributed by atoms with Gasteiger partial charge in [-0.15, -0.1) is 0 Å². The first kappa shape index (κ1) is 17.2. The Labute approximate surface area is 145 Å². The average molecular weight is 344 g/mol. The number of nitro groups is 1. The van der Waals surface area contributed by atoms with E-state index in [0.29, 0.717) is 42.5 Å². The summed E-state index contributed by atoms with van der Waals surface area (Å²) in [5.41, 5.74) is 0.440. The smallest absolute Gasteiger partial charge is 0.307 e. The van der Waals surface area contributed by atoms with E-state index in [0.717, 1.165) is 6.54 Å². The minimum atomic E-state index is -0.767. The summed E-state index contributed by atoms with van der Waals surface area (Å²) in [6.45, 7) is 3.84. The molecule has 7 nitrogen and oxygen atoms in total. The van der Waals surface area contributed by atoms with E-state index < -0.39 is 10.9 Å². The molecule has 1 N–H and O–H groups in total. The Morgan fingerprint density at radius 1 is 1.32 bits per heavy atom. The van der Waals surface area contributed by atoms with Crippen LogP contribution >= 0.6 is 0 Å². The third-order valence-electron chi connectivity index (χ3n) is 4.49. The summed E-state index contributed by atoms with van der Waals surface area (Å²) in [6.07, 6.45) is 0.686. The zero-order valence-electron chi connectivity index (χ0n) is 13.9. The fraction of sp³-hybridized carbons (Fsp3) is 0.389. The predicted octanol–water partition coefficient (Wildman–Crippen LogP) is 3.40. The van der Waals surface area contributed by atoms with Crippen molar-refractivity contribution in [1.29, 1.82) is 0 Å². The van der Waals surface area contributed by atoms with Crippen molar-refractivity contribution in [3.05, 3.63) is 52.3 Å². The molecule has 2 aromatic rings. The lowest BCUT2D eigenvalue weighted by molar-refractivity contribution is -0.384. The maximum Gasteiger partial charge on any atom is 0.307 e. The van der Waals surface area contributed by atoms with Crippen LogP contribution in [0.3, 0.4) is 0 Å². The van der Waals surface area contributed by atoms with Gasteiger partial charge in [0, 0.05) is 19.2 Å². The molecular formula is C18H20N2O5. The van der Waals surface area contributed by atoms with E-state index in [1.54, 1.807) is 30.3 Å². The zero-order chi connectivity index (χ0) is 18.0. The minimum absolute atomic E-state index is 0.000867. The van der Waals surface area contributed by atoms with Crippen molar-refractivity contribution < 1.29 is 19.2 Å². The fourth-order valence-electron chi connectivity index (χ4n) is 3.44. The highest BCUT2D eigenvalue weighted by Crippen LogP contribution is 2.31. The van der Waals surface area contributed by atoms with E-state index >= 15 is 0 Å². The molecule has 132 valence electrons. The van der Waals surface area contributed by atoms with Crippen LogP contribution in [0.4, 0.5) is 5.69 Å². The summed E-state index contributed by atoms with van der Waals surface area (Å²) in [5.74, 6) is 0.290. The SMILES string of the molecule is CC1CC(C(=O)O)CN(Cc2ccc(-c3ccccc3[N+](=O)[O-])o2)C1. The largest absolute Gasteiger partial charge is 0.481 e. The lowest BCUT2D eigenvalue weighted by Crippen LogP contribution is -2.41. The number of para-hydroxylation sites is 1. The summed E-state index contributed by atoms with van der Waals surface area (Å²) in [7, 11) is 0. The number of benzene rings is 1. The summed E-state index contributed by atoms with van der Waals surface area (Å²) in [5, 5.41) is 20.4. The Morgan fingerprint density at radius 3 is 2.80 bits per heavy atom. The van der Waals surface area contributed by atoms with Gasteiger partial charge in [0.1, 0.15) is 11.5 Å². The highest BCUT2D eigenvalue weighted by Gasteiger charge is 2.30. The number of aliphatic carboxylic acids is 1. The molecule has 2 unspecified atom stereocenters. The molecular weight excluding hydrogens is 324 g/mol. The van der Waals surface area contributed by atoms with Gasteiger partial charge in [0.15, 0.2) is 0 Å². The first-order valence-electron chi connectivity index (χ1n) is 8.21. The van der Waals surface area contributed by atoms with Crippen molar-refractivity contribution in [3.8, 4) is 11.3 Å². The molecule has 2 atom stereocenters. The summed E-state index contributed by atoms with van der Waals surface area (Å²) in [6, 6.07) is 9.97. The van der Waals surface area contributed by atoms with Crippen molar-refractivity contribution >= 4 is 11.7 Å². The van der Waals surface area contributed by atoms with Gasteiger partial charge in [-0.1, -0.05) is 19.1 Å². The normalized spacial score (nSPS) is 21.2. The number of nitrogens with zero attached hydrogens (tertiary/aromatic N) is 2. The second-order valence-electron chi connectivity index (χ2n) is 6.61. The van der Waals surface area contributed by atoms with E-state index in [9.17, 15) is 20.0 Å². The lowest BCUT2D eigenvalue weighted by atomic mass is 9.90. The number of furan rings is 1. The Kier molecular flexibility index (Phi) is 4.85. The third kappa shape index (κ3) is 3.88. The molecule has 0 bridgehead atoms. The molecule has 7 heteroatoms. The molecule has 1 fully saturated rings. The summed E-state index contributed by atoms with van der Waals surface area (Å²) < 4.78 is 5.80. The molecule has 1 aromatic heterocycles. The highest BCUT2D eigenvalue weighted by molar-refractivity contribution is 5.70. The van der Waals surface area contributed by atoms with Crippen molar-refractivity contribution in [2.45, 2.75) is 19.9 Å². The first-order valence-corrected chi connectivity index (χ1v) is 8.21. The van der Waals surface area contributed by atoms with E-state index in [-0.39, 0.29) is 11.6 Å². The molecule has 1 aromatic carbocycles. The molecule has 3 rings (SSSR count). The molecule has 1 aliphatic heterocycles. The van der Waals surface area contributed by atoms with Gasteiger partial charge in [0.2, 0.25) is 0 Å². The van der Waals surface area contributed by atoms with Crippen molar-refractivity contribution in [1.82, 2.24) is 4.90 Å². The van der Waals surface area contributed by atoms with E-state index in [4.69, 9.17) is 4.42 Å². The van der Waals surface area contributed by atoms with E-state index in [2.05, 4.69) is 4.90 Å². The molecule has 2 heterocycles. The van der Waals surface area contributed by atoms with Crippen molar-refractivity contribution in [2.75, 3.05) is 13.1 Å². The van der Waals surface area contributed by atoms with Crippen LogP contribution in [0.1, 0.15) is 19.1 Å². The second kappa shape index (κ2) is 7.06. The van der Waals surface area contributed by atoms with Gasteiger partial charge in [0.05, 0.1) is 22.9 Å². The van der Waals surface area contributed by atoms with E-state index in [1.807, 2.05) is 6.92 Å². The van der Waals surface area contributed by atoms with Crippen LogP contribution in [0.15, 0.2) is 40.8 Å². The number of piperidine rings is 1. The number of hydrogen-bond acceptors (Lipinski definition) is 5. The van der Waals surface area contributed by atoms with Gasteiger partial charge in [-0.2, -0.15) is 0 Å². The number of carbonyl (C=O) groups is 1. The number of carboxylic acids is 1. The Morgan fingerprint density at radius 2 is 2.08 bits per heavy atom. The third-order valence-corrected chi connectivity index (χ3v) is 4.49. The van der Waals surface area contributed by atoms with Crippen LogP contribution in [0.2, 0.25) is 0 Å². The Hall–Kier alpha value is -2.67. The van der Waals surface area contributed by atoms with Gasteiger partial charge in [-0.3, -0.25) is 19.8 Å². The average Bonchev–Trinajstić information content (AvgIpc) is 3.02. The monoisotopic (exact) mass is 344 g/mol. The van der Waals surface area contributed by atoms with Crippen LogP contribution in [-0.4, -0.2) is 34.0 Å². The van der Waals surface area contributed by atoms with E-state index in [1.165, 1.54) is 6.07 Å². The number of likely N-dealkylation sites (tertiary alicyclic amines) is 1. The topological polar surface area (TPSA) is 96.8 Å². The molecule has 1 saturated heterocycles. The first-order chi connectivity index (χ1) is 11.9. The van der Waals surface area contributed by atoms with Crippen molar-refractivity contribution in [2.24, 2.45) is 11.8 Å². The second-order valence-corrected chi connectivity index (χ2v) is 6.61. The Bertz CT molecular complexity index is 785. The van der Waals surface area contributed by atoms with Gasteiger partial charge < -0.3 is 9.52 Å². The number of hydrogen-bond donors (Lipinski definition) is 1. The Balaban J connectivity index is 1.76. The fourth-order valence-corrected chi connectivity index (χ4v) is 3.44. The zero-order valence-corrected chi connectivity index (χ0v) is 13.9. The summed E-state index contributed by atoms with van der Waals surface area (Å²) >= 11 is 0. The standard InChI is InChI=1S/C18H20N2O5/c1-12-8-13(18(21)22)10-19(9-12)11-14-6-7-17(25-14)15-4-2-3-5-16(15)20(23)24/h2-7,12-13H,8-11H2,1H3,(H,21,22). The predicted molar refractivity (Wildman–Crippen MR) is 91.0 cm³/mol. The van der Waals surface area contributed by atoms with Crippen LogP contribution < -0.4 is 0 Å². The number of nitro benzene ring substituents is 1. The van der Waals surface area contributed by atoms with Gasteiger partial charge >= 0.3 is 5.97 Å². The minimum Gasteiger partial charge on any atom is -0.481 e. The molecule has 25 heavy (non-hydrogen) atoms. The van der Waals surface area contributed by atoms with Gasteiger partial charge in [0.25, 0.3) is 5.69 Å². The number of carboxylic acid groups (broad SMARTS) is 1. The highest BCUT2D eigenvalue weighted by atomic mass is 16.6. The van der Waals surface area contributed by atoms with Gasteiger partial charge in [-0.05, 0) is 30.5 Å². The number of rotatable bonds is 5. The maximum atomic E-state index is 11.3. The van der Waals surface area contributed by atoms with Crippen LogP contribution in [0, 0.1) is 22.0 Å². The molecule has 0 aliphatic carbocycles. The molecule has 1 aliphatic rings. The lowest BCUT2D eigenvalue weighted by Gasteiger charge is -2.34. The van der Waals surface area contributed by atoms with Crippen LogP contribution in [0.25, 0.3) is 11.3 Å². The van der Waals surface area contributed by atoms with Crippen LogP contribution in [0.5, 0.6) is 0 Å². The molecule has 0 spiro atoms. The van der Waals surface area contributed by atoms with Crippen molar-refractivity contribution in [3.63, 3.8) is 0 Å².